The van der Waals surface area contributed by atoms with E-state index in [0.717, 1.165) is 36.8 Å². The molecule has 2 spiro atoms. The Labute approximate surface area is 244 Å². The van der Waals surface area contributed by atoms with E-state index in [9.17, 15) is 14.7 Å². The van der Waals surface area contributed by atoms with Gasteiger partial charge in [-0.1, -0.05) is 55.2 Å². The molecule has 0 unspecified atom stereocenters. The van der Waals surface area contributed by atoms with Crippen LogP contribution < -0.4 is 16.0 Å². The van der Waals surface area contributed by atoms with Crippen LogP contribution in [-0.4, -0.2) is 58.8 Å². The molecule has 5 atom stereocenters. The zero-order valence-electron chi connectivity index (χ0n) is 22.8. The van der Waals surface area contributed by atoms with Crippen LogP contribution in [0.2, 0.25) is 10.2 Å². The molecule has 1 aromatic carbocycles. The maximum absolute atomic E-state index is 14.5. The largest absolute Gasteiger partial charge is 0.394 e. The summed E-state index contributed by atoms with van der Waals surface area (Å²) < 4.78 is 5.74. The first-order valence-electron chi connectivity index (χ1n) is 14.1. The highest BCUT2D eigenvalue weighted by Gasteiger charge is 2.73. The Hall–Kier alpha value is -2.23. The van der Waals surface area contributed by atoms with Crippen molar-refractivity contribution in [3.63, 3.8) is 0 Å². The van der Waals surface area contributed by atoms with Gasteiger partial charge in [0, 0.05) is 22.0 Å². The number of nitrogens with one attached hydrogen (secondary N) is 3. The minimum Gasteiger partial charge on any atom is -0.394 e. The van der Waals surface area contributed by atoms with Crippen LogP contribution in [0.5, 0.6) is 0 Å². The average molecular weight is 588 g/mol. The van der Waals surface area contributed by atoms with Crippen LogP contribution in [0.4, 0.5) is 5.82 Å². The van der Waals surface area contributed by atoms with Crippen LogP contribution in [0.25, 0.3) is 0 Å². The maximum Gasteiger partial charge on any atom is 0.238 e. The summed E-state index contributed by atoms with van der Waals surface area (Å²) in [6, 6.07) is 10.2. The number of ether oxygens (including phenoxy) is 1. The number of nitrogens with zero attached hydrogens (tertiary/aromatic N) is 1. The number of pyridine rings is 1. The summed E-state index contributed by atoms with van der Waals surface area (Å²) in [4.78, 5) is 33.2. The first-order chi connectivity index (χ1) is 19.1. The monoisotopic (exact) mass is 586 g/mol. The summed E-state index contributed by atoms with van der Waals surface area (Å²) in [6.45, 7) is 4.82. The summed E-state index contributed by atoms with van der Waals surface area (Å²) in [5, 5.41) is 20.3. The summed E-state index contributed by atoms with van der Waals surface area (Å²) >= 11 is 12.8. The van der Waals surface area contributed by atoms with E-state index in [1.165, 1.54) is 0 Å². The topological polar surface area (TPSA) is 113 Å². The molecule has 6 rings (SSSR count). The van der Waals surface area contributed by atoms with Crippen LogP contribution in [0.1, 0.15) is 69.4 Å². The Morgan fingerprint density at radius 1 is 1.15 bits per heavy atom. The van der Waals surface area contributed by atoms with Gasteiger partial charge in [0.05, 0.1) is 31.4 Å². The zero-order chi connectivity index (χ0) is 28.3. The van der Waals surface area contributed by atoms with Crippen molar-refractivity contribution in [3.8, 4) is 0 Å². The summed E-state index contributed by atoms with van der Waals surface area (Å²) in [7, 11) is 0. The van der Waals surface area contributed by atoms with Gasteiger partial charge in [-0.2, -0.15) is 0 Å². The van der Waals surface area contributed by atoms with Crippen molar-refractivity contribution in [2.24, 2.45) is 5.41 Å². The minimum absolute atomic E-state index is 0.0321. The Bertz CT molecular complexity index is 1320. The van der Waals surface area contributed by atoms with Crippen molar-refractivity contribution in [1.29, 1.82) is 0 Å². The van der Waals surface area contributed by atoms with Crippen molar-refractivity contribution in [2.45, 2.75) is 87.4 Å². The lowest BCUT2D eigenvalue weighted by atomic mass is 9.53. The minimum atomic E-state index is -1.10. The van der Waals surface area contributed by atoms with Crippen LogP contribution in [0, 0.1) is 5.41 Å². The van der Waals surface area contributed by atoms with E-state index < -0.39 is 22.9 Å². The lowest BCUT2D eigenvalue weighted by Crippen LogP contribution is -2.61. The third kappa shape index (κ3) is 4.43. The van der Waals surface area contributed by atoms with E-state index in [1.54, 1.807) is 12.1 Å². The average Bonchev–Trinajstić information content (AvgIpc) is 3.39. The van der Waals surface area contributed by atoms with Crippen molar-refractivity contribution in [3.05, 3.63) is 57.7 Å². The number of amides is 2. The van der Waals surface area contributed by atoms with Crippen molar-refractivity contribution in [2.75, 3.05) is 18.5 Å². The van der Waals surface area contributed by atoms with Gasteiger partial charge in [0.15, 0.2) is 0 Å². The highest BCUT2D eigenvalue weighted by Crippen LogP contribution is 2.63. The molecule has 4 heterocycles. The fourth-order valence-corrected chi connectivity index (χ4v) is 7.96. The molecule has 1 aliphatic carbocycles. The smallest absolute Gasteiger partial charge is 0.238 e. The molecule has 1 saturated carbocycles. The molecular weight excluding hydrogens is 551 g/mol. The van der Waals surface area contributed by atoms with Gasteiger partial charge in [0.25, 0.3) is 0 Å². The SMILES string of the molecule is CC1(C)CCC2(CC1)N[C@@H](C(=O)N[C@@H]1CC[C@@H](CO)OC1)[C@H](c1cccc(Cl)c1)[C@]21C(=O)Nc2nc(Cl)ccc21. The van der Waals surface area contributed by atoms with E-state index in [0.29, 0.717) is 35.4 Å². The zero-order valence-corrected chi connectivity index (χ0v) is 24.3. The van der Waals surface area contributed by atoms with E-state index >= 15 is 0 Å². The quantitative estimate of drug-likeness (QED) is 0.397. The molecule has 2 aromatic rings. The summed E-state index contributed by atoms with van der Waals surface area (Å²) in [5.74, 6) is -0.444. The van der Waals surface area contributed by atoms with Gasteiger partial charge >= 0.3 is 0 Å². The van der Waals surface area contributed by atoms with Gasteiger partial charge in [-0.15, -0.1) is 0 Å². The number of carbonyl (C=O) groups is 2. The molecule has 40 heavy (non-hydrogen) atoms. The summed E-state index contributed by atoms with van der Waals surface area (Å²) in [5.41, 5.74) is -0.0818. The molecule has 8 nitrogen and oxygen atoms in total. The number of hydrogen-bond acceptors (Lipinski definition) is 6. The van der Waals surface area contributed by atoms with Crippen LogP contribution in [0.3, 0.4) is 0 Å². The number of carbonyl (C=O) groups excluding carboxylic acids is 2. The molecule has 0 radical (unpaired) electrons. The van der Waals surface area contributed by atoms with Gasteiger partial charge in [0.2, 0.25) is 11.8 Å². The van der Waals surface area contributed by atoms with Gasteiger partial charge < -0.3 is 20.5 Å². The molecule has 4 aliphatic rings. The lowest BCUT2D eigenvalue weighted by Gasteiger charge is -2.50. The number of hydrogen-bond donors (Lipinski definition) is 4. The third-order valence-electron chi connectivity index (χ3n) is 9.73. The van der Waals surface area contributed by atoms with Crippen molar-refractivity contribution in [1.82, 2.24) is 15.6 Å². The first kappa shape index (κ1) is 27.9. The molecular formula is C30H36Cl2N4O4. The number of rotatable bonds is 4. The van der Waals surface area contributed by atoms with Crippen molar-refractivity contribution < 1.29 is 19.4 Å². The molecule has 3 fully saturated rings. The number of aliphatic hydroxyl groups excluding tert-OH is 1. The predicted octanol–water partition coefficient (Wildman–Crippen LogP) is 4.33. The molecule has 2 amide bonds. The van der Waals surface area contributed by atoms with Crippen LogP contribution in [-0.2, 0) is 19.7 Å². The second kappa shape index (κ2) is 10.2. The first-order valence-corrected chi connectivity index (χ1v) is 14.9. The number of aromatic nitrogens is 1. The van der Waals surface area contributed by atoms with Crippen LogP contribution >= 0.6 is 23.2 Å². The molecule has 2 saturated heterocycles. The Balaban J connectivity index is 1.48. The highest BCUT2D eigenvalue weighted by molar-refractivity contribution is 6.30. The summed E-state index contributed by atoms with van der Waals surface area (Å²) in [6.07, 6.45) is 4.43. The third-order valence-corrected chi connectivity index (χ3v) is 10.2. The predicted molar refractivity (Wildman–Crippen MR) is 154 cm³/mol. The Morgan fingerprint density at radius 2 is 1.93 bits per heavy atom. The van der Waals surface area contributed by atoms with E-state index in [2.05, 4.69) is 34.8 Å². The standard InChI is InChI=1S/C30H36Cl2N4O4/c1-28(2)10-12-29(13-11-28)30(21-8-9-22(32)34-25(21)35-27(30)39)23(17-4-3-5-18(31)14-17)24(36-29)26(38)33-19-6-7-20(15-37)40-16-19/h3-5,8-9,14,19-20,23-24,36-37H,6-7,10-13,15-16H2,1-2H3,(H,33,38)(H,34,35,39)/t19-,20+,23+,24-,30-/m1/s1. The second-order valence-corrected chi connectivity index (χ2v) is 13.4. The lowest BCUT2D eigenvalue weighted by molar-refractivity contribution is -0.126. The second-order valence-electron chi connectivity index (χ2n) is 12.6. The van der Waals surface area contributed by atoms with E-state index in [4.69, 9.17) is 27.9 Å². The van der Waals surface area contributed by atoms with Crippen molar-refractivity contribution >= 4 is 40.8 Å². The van der Waals surface area contributed by atoms with Crippen LogP contribution in [0.15, 0.2) is 36.4 Å². The number of halogens is 2. The molecule has 10 heteroatoms. The van der Waals surface area contributed by atoms with E-state index in [-0.39, 0.29) is 36.0 Å². The number of benzene rings is 1. The molecule has 3 aliphatic heterocycles. The number of anilines is 1. The van der Waals surface area contributed by atoms with Gasteiger partial charge in [-0.05, 0) is 67.7 Å². The Morgan fingerprint density at radius 3 is 2.60 bits per heavy atom. The fraction of sp³-hybridized carbons (Fsp3) is 0.567. The van der Waals surface area contributed by atoms with E-state index in [1.807, 2.05) is 24.3 Å². The normalized spacial score (nSPS) is 32.2. The number of aliphatic hydroxyl groups is 1. The van der Waals surface area contributed by atoms with Gasteiger partial charge in [0.1, 0.15) is 16.4 Å². The number of fused-ring (bicyclic) bond motifs is 3. The molecule has 4 N–H and O–H groups in total. The maximum atomic E-state index is 14.5. The van der Waals surface area contributed by atoms with Gasteiger partial charge in [-0.25, -0.2) is 4.98 Å². The Kier molecular flexibility index (Phi) is 7.15. The molecule has 0 bridgehead atoms. The molecule has 1 aromatic heterocycles. The molecule has 214 valence electrons. The fourth-order valence-electron chi connectivity index (χ4n) is 7.61. The van der Waals surface area contributed by atoms with Gasteiger partial charge in [-0.3, -0.25) is 14.9 Å². The highest BCUT2D eigenvalue weighted by atomic mass is 35.5.